The lowest BCUT2D eigenvalue weighted by Crippen LogP contribution is -1.80. The molecule has 8 heavy (non-hydrogen) atoms. The molecule has 0 aromatic carbocycles. The number of nitrogens with zero attached hydrogens (tertiary/aromatic N) is 1. The van der Waals surface area contributed by atoms with Gasteiger partial charge in [-0.2, -0.15) is 0 Å². The van der Waals surface area contributed by atoms with E-state index in [0.717, 1.165) is 0 Å². The number of halogens is 1. The SMILES string of the molecule is OCc1ncoc1Br. The van der Waals surface area contributed by atoms with Gasteiger partial charge in [0, 0.05) is 0 Å². The summed E-state index contributed by atoms with van der Waals surface area (Å²) in [5.74, 6) is 0. The average Bonchev–Trinajstić information content (AvgIpc) is 2.14. The van der Waals surface area contributed by atoms with Gasteiger partial charge in [-0.25, -0.2) is 4.98 Å². The Bertz CT molecular complexity index is 174. The average molecular weight is 178 g/mol. The monoisotopic (exact) mass is 177 g/mol. The van der Waals surface area contributed by atoms with Crippen LogP contribution in [-0.4, -0.2) is 10.1 Å². The van der Waals surface area contributed by atoms with Gasteiger partial charge in [-0.05, 0) is 15.9 Å². The van der Waals surface area contributed by atoms with Crippen LogP contribution in [0.5, 0.6) is 0 Å². The molecule has 1 aromatic heterocycles. The van der Waals surface area contributed by atoms with Crippen molar-refractivity contribution in [2.24, 2.45) is 0 Å². The molecule has 0 aliphatic carbocycles. The first-order valence-corrected chi connectivity index (χ1v) is 2.82. The summed E-state index contributed by atoms with van der Waals surface area (Å²) in [6.07, 6.45) is 1.27. The Hall–Kier alpha value is -0.350. The lowest BCUT2D eigenvalue weighted by Gasteiger charge is -1.81. The van der Waals surface area contributed by atoms with Crippen molar-refractivity contribution in [2.45, 2.75) is 6.61 Å². The summed E-state index contributed by atoms with van der Waals surface area (Å²) >= 11 is 3.04. The molecule has 44 valence electrons. The lowest BCUT2D eigenvalue weighted by molar-refractivity contribution is 0.275. The third-order valence-corrected chi connectivity index (χ3v) is 1.39. The minimum atomic E-state index is -0.0862. The standard InChI is InChI=1S/C4H4BrNO2/c5-4-3(1-7)6-2-8-4/h2,7H,1H2. The molecule has 0 fully saturated rings. The van der Waals surface area contributed by atoms with E-state index in [1.807, 2.05) is 0 Å². The summed E-state index contributed by atoms with van der Waals surface area (Å²) in [4.78, 5) is 3.67. The predicted octanol–water partition coefficient (Wildman–Crippen LogP) is 0.929. The van der Waals surface area contributed by atoms with Gasteiger partial charge in [0.05, 0.1) is 6.61 Å². The highest BCUT2D eigenvalue weighted by atomic mass is 79.9. The fourth-order valence-corrected chi connectivity index (χ4v) is 0.669. The summed E-state index contributed by atoms with van der Waals surface area (Å²) in [5.41, 5.74) is 0.532. The second-order valence-electron chi connectivity index (χ2n) is 1.23. The lowest BCUT2D eigenvalue weighted by atomic mass is 10.5. The molecule has 1 N–H and O–H groups in total. The van der Waals surface area contributed by atoms with Crippen LogP contribution in [-0.2, 0) is 6.61 Å². The van der Waals surface area contributed by atoms with Gasteiger partial charge in [0.25, 0.3) is 0 Å². The van der Waals surface area contributed by atoms with E-state index < -0.39 is 0 Å². The third-order valence-electron chi connectivity index (χ3n) is 0.741. The molecule has 0 aliphatic rings. The Labute approximate surface area is 54.5 Å². The molecule has 0 spiro atoms. The summed E-state index contributed by atoms with van der Waals surface area (Å²) < 4.78 is 5.20. The predicted molar refractivity (Wildman–Crippen MR) is 30.1 cm³/mol. The fourth-order valence-electron chi connectivity index (χ4n) is 0.358. The molecular weight excluding hydrogens is 174 g/mol. The Balaban J connectivity index is 2.92. The maximum atomic E-state index is 8.45. The highest BCUT2D eigenvalue weighted by molar-refractivity contribution is 9.10. The van der Waals surface area contributed by atoms with Crippen LogP contribution in [0.2, 0.25) is 0 Å². The second-order valence-corrected chi connectivity index (χ2v) is 1.95. The number of rotatable bonds is 1. The van der Waals surface area contributed by atoms with Gasteiger partial charge >= 0.3 is 0 Å². The quantitative estimate of drug-likeness (QED) is 0.695. The van der Waals surface area contributed by atoms with Crippen LogP contribution in [0.15, 0.2) is 15.5 Å². The van der Waals surface area contributed by atoms with Gasteiger partial charge in [0.2, 0.25) is 0 Å². The van der Waals surface area contributed by atoms with E-state index in [2.05, 4.69) is 20.9 Å². The molecule has 0 atom stereocenters. The first-order valence-electron chi connectivity index (χ1n) is 2.03. The van der Waals surface area contributed by atoms with Gasteiger partial charge in [-0.15, -0.1) is 0 Å². The summed E-state index contributed by atoms with van der Waals surface area (Å²) in [7, 11) is 0. The molecule has 1 heterocycles. The van der Waals surface area contributed by atoms with Crippen LogP contribution in [0.3, 0.4) is 0 Å². The molecule has 0 aliphatic heterocycles. The van der Waals surface area contributed by atoms with Crippen molar-refractivity contribution in [1.82, 2.24) is 4.98 Å². The zero-order valence-electron chi connectivity index (χ0n) is 3.97. The van der Waals surface area contributed by atoms with E-state index in [1.165, 1.54) is 6.39 Å². The molecule has 1 aromatic rings. The number of oxazole rings is 1. The Kier molecular flexibility index (Phi) is 1.65. The van der Waals surface area contributed by atoms with Gasteiger partial charge in [0.15, 0.2) is 11.1 Å². The smallest absolute Gasteiger partial charge is 0.195 e. The maximum absolute atomic E-state index is 8.45. The van der Waals surface area contributed by atoms with Crippen LogP contribution in [0, 0.1) is 0 Å². The van der Waals surface area contributed by atoms with E-state index >= 15 is 0 Å². The van der Waals surface area contributed by atoms with Gasteiger partial charge in [0.1, 0.15) is 5.69 Å². The first-order chi connectivity index (χ1) is 3.84. The molecule has 0 unspecified atom stereocenters. The number of aliphatic hydroxyl groups is 1. The number of hydrogen-bond donors (Lipinski definition) is 1. The van der Waals surface area contributed by atoms with Crippen molar-refractivity contribution >= 4 is 15.9 Å². The highest BCUT2D eigenvalue weighted by Crippen LogP contribution is 2.13. The van der Waals surface area contributed by atoms with Gasteiger partial charge in [-0.3, -0.25) is 0 Å². The molecule has 0 saturated carbocycles. The molecule has 0 saturated heterocycles. The summed E-state index contributed by atoms with van der Waals surface area (Å²) in [6, 6.07) is 0. The van der Waals surface area contributed by atoms with Crippen molar-refractivity contribution in [3.8, 4) is 0 Å². The van der Waals surface area contributed by atoms with Crippen molar-refractivity contribution in [1.29, 1.82) is 0 Å². The zero-order chi connectivity index (χ0) is 5.98. The normalized spacial score (nSPS) is 9.75. The topological polar surface area (TPSA) is 46.3 Å². The number of hydrogen-bond acceptors (Lipinski definition) is 3. The van der Waals surface area contributed by atoms with E-state index in [4.69, 9.17) is 9.52 Å². The van der Waals surface area contributed by atoms with Gasteiger partial charge in [-0.1, -0.05) is 0 Å². The van der Waals surface area contributed by atoms with Crippen LogP contribution < -0.4 is 0 Å². The minimum Gasteiger partial charge on any atom is -0.436 e. The van der Waals surface area contributed by atoms with E-state index in [9.17, 15) is 0 Å². The largest absolute Gasteiger partial charge is 0.436 e. The molecule has 0 bridgehead atoms. The molecule has 0 amide bonds. The summed E-state index contributed by atoms with van der Waals surface area (Å²) in [6.45, 7) is -0.0862. The number of aliphatic hydroxyl groups excluding tert-OH is 1. The highest BCUT2D eigenvalue weighted by Gasteiger charge is 1.99. The van der Waals surface area contributed by atoms with Crippen LogP contribution in [0.4, 0.5) is 0 Å². The van der Waals surface area contributed by atoms with E-state index in [0.29, 0.717) is 10.4 Å². The van der Waals surface area contributed by atoms with Gasteiger partial charge < -0.3 is 9.52 Å². The van der Waals surface area contributed by atoms with E-state index in [-0.39, 0.29) is 6.61 Å². The number of aromatic nitrogens is 1. The Morgan fingerprint density at radius 1 is 1.88 bits per heavy atom. The Morgan fingerprint density at radius 3 is 2.88 bits per heavy atom. The third kappa shape index (κ3) is 0.900. The fraction of sp³-hybridized carbons (Fsp3) is 0.250. The van der Waals surface area contributed by atoms with Crippen LogP contribution in [0.1, 0.15) is 5.69 Å². The minimum absolute atomic E-state index is 0.0862. The molecule has 1 rings (SSSR count). The zero-order valence-corrected chi connectivity index (χ0v) is 5.55. The summed E-state index contributed by atoms with van der Waals surface area (Å²) in [5, 5.41) is 8.45. The van der Waals surface area contributed by atoms with Crippen LogP contribution >= 0.6 is 15.9 Å². The molecule has 4 heteroatoms. The Morgan fingerprint density at radius 2 is 2.62 bits per heavy atom. The van der Waals surface area contributed by atoms with Crippen molar-refractivity contribution in [3.05, 3.63) is 16.8 Å². The first kappa shape index (κ1) is 5.78. The maximum Gasteiger partial charge on any atom is 0.195 e. The molecule has 3 nitrogen and oxygen atoms in total. The van der Waals surface area contributed by atoms with Crippen molar-refractivity contribution in [2.75, 3.05) is 0 Å². The van der Waals surface area contributed by atoms with Crippen molar-refractivity contribution in [3.63, 3.8) is 0 Å². The second kappa shape index (κ2) is 2.28. The van der Waals surface area contributed by atoms with E-state index in [1.54, 1.807) is 0 Å². The van der Waals surface area contributed by atoms with Crippen molar-refractivity contribution < 1.29 is 9.52 Å². The molecule has 0 radical (unpaired) electrons. The van der Waals surface area contributed by atoms with Crippen LogP contribution in [0.25, 0.3) is 0 Å². The molecular formula is C4H4BrNO2.